The SMILES string of the molecule is NC(=O)OC(CNC(=O)Cn1nc(-c2ccc(Cl)cc2)n(CC(O)C(F)F)c1=O)c1ccccc1C(F)(F)F. The molecule has 0 saturated carbocycles. The number of nitrogens with two attached hydrogens (primary N) is 1. The predicted molar refractivity (Wildman–Crippen MR) is 127 cm³/mol. The maximum Gasteiger partial charge on any atom is 0.416 e. The Labute approximate surface area is 221 Å². The van der Waals surface area contributed by atoms with Crippen LogP contribution in [0.2, 0.25) is 5.02 Å². The average Bonchev–Trinajstić information content (AvgIpc) is 3.16. The lowest BCUT2D eigenvalue weighted by Gasteiger charge is -2.21. The summed E-state index contributed by atoms with van der Waals surface area (Å²) < 4.78 is 72.4. The molecular formula is C23H21ClF5N5O5. The highest BCUT2D eigenvalue weighted by Crippen LogP contribution is 2.35. The van der Waals surface area contributed by atoms with E-state index in [1.54, 1.807) is 0 Å². The number of rotatable bonds is 10. The van der Waals surface area contributed by atoms with Crippen LogP contribution in [0.15, 0.2) is 53.3 Å². The van der Waals surface area contributed by atoms with Crippen LogP contribution in [0.5, 0.6) is 0 Å². The molecule has 0 aliphatic carbocycles. The standard InChI is InChI=1S/C23H21ClF5N5O5/c24-13-7-5-12(6-8-13)20-32-34(22(38)33(20)10-16(35)19(25)26)11-18(36)31-9-17(39-21(30)37)14-3-1-2-4-15(14)23(27,28)29/h1-8,16-17,19,35H,9-11H2,(H2,30,37)(H,31,36). The fraction of sp³-hybridized carbons (Fsp3) is 0.304. The van der Waals surface area contributed by atoms with Crippen molar-refractivity contribution in [1.29, 1.82) is 0 Å². The molecule has 0 fully saturated rings. The highest BCUT2D eigenvalue weighted by Gasteiger charge is 2.36. The van der Waals surface area contributed by atoms with Crippen molar-refractivity contribution in [2.45, 2.75) is 37.9 Å². The molecule has 0 spiro atoms. The van der Waals surface area contributed by atoms with Crippen molar-refractivity contribution in [3.05, 3.63) is 75.2 Å². The van der Waals surface area contributed by atoms with E-state index in [9.17, 15) is 41.4 Å². The van der Waals surface area contributed by atoms with E-state index in [1.165, 1.54) is 30.3 Å². The lowest BCUT2D eigenvalue weighted by Crippen LogP contribution is -2.38. The molecule has 39 heavy (non-hydrogen) atoms. The highest BCUT2D eigenvalue weighted by atomic mass is 35.5. The Morgan fingerprint density at radius 2 is 1.77 bits per heavy atom. The lowest BCUT2D eigenvalue weighted by molar-refractivity contribution is -0.139. The molecule has 3 rings (SSSR count). The second kappa shape index (κ2) is 12.3. The molecule has 2 aromatic carbocycles. The number of halogens is 6. The van der Waals surface area contributed by atoms with Gasteiger partial charge in [0.15, 0.2) is 5.82 Å². The summed E-state index contributed by atoms with van der Waals surface area (Å²) in [6.45, 7) is -2.29. The number of aliphatic hydroxyl groups excluding tert-OH is 1. The largest absolute Gasteiger partial charge is 0.440 e. The summed E-state index contributed by atoms with van der Waals surface area (Å²) in [5, 5.41) is 16.2. The first-order valence-electron chi connectivity index (χ1n) is 11.1. The van der Waals surface area contributed by atoms with E-state index >= 15 is 0 Å². The van der Waals surface area contributed by atoms with Crippen LogP contribution in [-0.2, 0) is 28.8 Å². The summed E-state index contributed by atoms with van der Waals surface area (Å²) >= 11 is 5.85. The fourth-order valence-electron chi connectivity index (χ4n) is 3.58. The van der Waals surface area contributed by atoms with Crippen molar-refractivity contribution in [2.24, 2.45) is 5.73 Å². The summed E-state index contributed by atoms with van der Waals surface area (Å²) in [6, 6.07) is 9.94. The Morgan fingerprint density at radius 1 is 1.13 bits per heavy atom. The van der Waals surface area contributed by atoms with Gasteiger partial charge in [0.1, 0.15) is 18.8 Å². The number of hydrogen-bond acceptors (Lipinski definition) is 6. The van der Waals surface area contributed by atoms with E-state index in [0.717, 1.165) is 22.8 Å². The van der Waals surface area contributed by atoms with Gasteiger partial charge in [-0.2, -0.15) is 13.2 Å². The minimum absolute atomic E-state index is 0.154. The Hall–Kier alpha value is -3.98. The van der Waals surface area contributed by atoms with E-state index in [0.29, 0.717) is 9.70 Å². The van der Waals surface area contributed by atoms with Crippen LogP contribution in [0.4, 0.5) is 26.7 Å². The molecule has 0 radical (unpaired) electrons. The van der Waals surface area contributed by atoms with E-state index in [1.807, 2.05) is 0 Å². The average molecular weight is 578 g/mol. The van der Waals surface area contributed by atoms with Crippen LogP contribution in [0.1, 0.15) is 17.2 Å². The third-order valence-electron chi connectivity index (χ3n) is 5.34. The van der Waals surface area contributed by atoms with E-state index in [2.05, 4.69) is 10.4 Å². The fourth-order valence-corrected chi connectivity index (χ4v) is 3.70. The smallest absolute Gasteiger partial charge is 0.416 e. The maximum absolute atomic E-state index is 13.4. The minimum atomic E-state index is -4.80. The predicted octanol–water partition coefficient (Wildman–Crippen LogP) is 2.96. The summed E-state index contributed by atoms with van der Waals surface area (Å²) in [6.07, 6.45) is -13.2. The molecule has 10 nitrogen and oxygen atoms in total. The van der Waals surface area contributed by atoms with Crippen LogP contribution in [0.25, 0.3) is 11.4 Å². The maximum atomic E-state index is 13.4. The zero-order chi connectivity index (χ0) is 28.9. The molecule has 1 aromatic heterocycles. The number of nitrogens with zero attached hydrogens (tertiary/aromatic N) is 3. The van der Waals surface area contributed by atoms with Crippen molar-refractivity contribution in [3.63, 3.8) is 0 Å². The molecule has 0 saturated heterocycles. The molecule has 16 heteroatoms. The zero-order valence-corrected chi connectivity index (χ0v) is 20.5. The van der Waals surface area contributed by atoms with Gasteiger partial charge >= 0.3 is 18.0 Å². The van der Waals surface area contributed by atoms with Gasteiger partial charge in [-0.05, 0) is 30.3 Å². The summed E-state index contributed by atoms with van der Waals surface area (Å²) in [7, 11) is 0. The van der Waals surface area contributed by atoms with Gasteiger partial charge < -0.3 is 20.9 Å². The second-order valence-electron chi connectivity index (χ2n) is 8.10. The van der Waals surface area contributed by atoms with Crippen molar-refractivity contribution in [1.82, 2.24) is 19.7 Å². The molecule has 4 N–H and O–H groups in total. The topological polar surface area (TPSA) is 141 Å². The highest BCUT2D eigenvalue weighted by molar-refractivity contribution is 6.30. The number of hydrogen-bond donors (Lipinski definition) is 3. The van der Waals surface area contributed by atoms with Crippen LogP contribution in [0, 0.1) is 0 Å². The number of aromatic nitrogens is 3. The van der Waals surface area contributed by atoms with Gasteiger partial charge in [-0.25, -0.2) is 23.1 Å². The number of ether oxygens (including phenoxy) is 1. The number of nitrogens with one attached hydrogen (secondary N) is 1. The Bertz CT molecular complexity index is 1380. The summed E-state index contributed by atoms with van der Waals surface area (Å²) in [4.78, 5) is 36.8. The van der Waals surface area contributed by atoms with E-state index in [-0.39, 0.29) is 11.4 Å². The van der Waals surface area contributed by atoms with E-state index in [4.69, 9.17) is 22.1 Å². The van der Waals surface area contributed by atoms with Gasteiger partial charge in [-0.1, -0.05) is 29.8 Å². The summed E-state index contributed by atoms with van der Waals surface area (Å²) in [5.74, 6) is -1.10. The molecule has 0 bridgehead atoms. The molecule has 2 amide bonds. The van der Waals surface area contributed by atoms with E-state index < -0.39 is 73.3 Å². The van der Waals surface area contributed by atoms with Gasteiger partial charge in [0.25, 0.3) is 6.43 Å². The number of aliphatic hydroxyl groups is 1. The summed E-state index contributed by atoms with van der Waals surface area (Å²) in [5.41, 5.74) is 2.63. The van der Waals surface area contributed by atoms with Crippen LogP contribution >= 0.6 is 11.6 Å². The van der Waals surface area contributed by atoms with Gasteiger partial charge in [-0.15, -0.1) is 5.10 Å². The Kier molecular flexibility index (Phi) is 9.29. The third-order valence-corrected chi connectivity index (χ3v) is 5.59. The molecule has 2 unspecified atom stereocenters. The zero-order valence-electron chi connectivity index (χ0n) is 19.7. The number of amides is 2. The number of primary amides is 1. The molecule has 3 aromatic rings. The quantitative estimate of drug-likeness (QED) is 0.316. The van der Waals surface area contributed by atoms with Crippen molar-refractivity contribution >= 4 is 23.6 Å². The second-order valence-corrected chi connectivity index (χ2v) is 8.53. The van der Waals surface area contributed by atoms with Crippen molar-refractivity contribution in [3.8, 4) is 11.4 Å². The van der Waals surface area contributed by atoms with Crippen molar-refractivity contribution in [2.75, 3.05) is 6.54 Å². The first-order chi connectivity index (χ1) is 18.3. The molecule has 0 aliphatic heterocycles. The van der Waals surface area contributed by atoms with Gasteiger partial charge in [-0.3, -0.25) is 9.36 Å². The number of carbonyl (C=O) groups is 2. The first-order valence-corrected chi connectivity index (χ1v) is 11.4. The van der Waals surface area contributed by atoms with Crippen LogP contribution in [0.3, 0.4) is 0 Å². The molecule has 0 aliphatic rings. The first kappa shape index (κ1) is 29.6. The van der Waals surface area contributed by atoms with Gasteiger partial charge in [0.05, 0.1) is 18.7 Å². The lowest BCUT2D eigenvalue weighted by atomic mass is 10.0. The Morgan fingerprint density at radius 3 is 2.36 bits per heavy atom. The number of alkyl halides is 5. The Balaban J connectivity index is 1.85. The van der Waals surface area contributed by atoms with Crippen LogP contribution in [-0.4, -0.2) is 50.5 Å². The van der Waals surface area contributed by atoms with Gasteiger partial charge in [0, 0.05) is 16.1 Å². The molecular weight excluding hydrogens is 557 g/mol. The molecule has 1 heterocycles. The molecule has 210 valence electrons. The number of carbonyl (C=O) groups excluding carboxylic acids is 2. The monoisotopic (exact) mass is 577 g/mol. The normalized spacial score (nSPS) is 13.2. The third kappa shape index (κ3) is 7.54. The minimum Gasteiger partial charge on any atom is -0.440 e. The number of benzene rings is 2. The van der Waals surface area contributed by atoms with Gasteiger partial charge in [0.2, 0.25) is 5.91 Å². The molecule has 2 atom stereocenters. The van der Waals surface area contributed by atoms with Crippen LogP contribution < -0.4 is 16.7 Å². The van der Waals surface area contributed by atoms with Crippen molar-refractivity contribution < 1.29 is 41.4 Å².